The smallest absolute Gasteiger partial charge is 0.153 e. The lowest BCUT2D eigenvalue weighted by Crippen LogP contribution is -2.23. The monoisotopic (exact) mass is 108 g/mol. The van der Waals surface area contributed by atoms with Crippen molar-refractivity contribution in [3.05, 3.63) is 0 Å². The van der Waals surface area contributed by atoms with Gasteiger partial charge in [0.15, 0.2) is 6.17 Å². The van der Waals surface area contributed by atoms with Gasteiger partial charge in [0.2, 0.25) is 0 Å². The van der Waals surface area contributed by atoms with E-state index >= 15 is 0 Å². The molecule has 42 valence electrons. The normalized spacial score (nSPS) is 25.3. The molecule has 1 fully saturated rings. The average molecular weight is 108 g/mol. The van der Waals surface area contributed by atoms with Gasteiger partial charge in [-0.25, -0.2) is 14.2 Å². The van der Waals surface area contributed by atoms with Gasteiger partial charge in [-0.1, -0.05) is 5.04 Å². The van der Waals surface area contributed by atoms with Crippen molar-refractivity contribution in [3.63, 3.8) is 0 Å². The Balaban J connectivity index is 2.12. The highest BCUT2D eigenvalue weighted by Crippen LogP contribution is 2.00. The third kappa shape index (κ3) is 1.38. The van der Waals surface area contributed by atoms with Gasteiger partial charge in [0.25, 0.3) is 0 Å². The standard InChI is InChI=1S/C3H5FO3/c4-3-1-5-7-6-2-3/h3H,1-2H2. The van der Waals surface area contributed by atoms with Crippen LogP contribution in [0.2, 0.25) is 0 Å². The van der Waals surface area contributed by atoms with Crippen molar-refractivity contribution in [3.8, 4) is 0 Å². The third-order valence-electron chi connectivity index (χ3n) is 0.594. The molecule has 0 aromatic carbocycles. The maximum atomic E-state index is 11.9. The number of alkyl halides is 1. The van der Waals surface area contributed by atoms with E-state index in [1.807, 2.05) is 0 Å². The molecule has 4 heteroatoms. The Kier molecular flexibility index (Phi) is 1.56. The van der Waals surface area contributed by atoms with Gasteiger partial charge in [0, 0.05) is 0 Å². The number of hydrogen-bond donors (Lipinski definition) is 0. The Morgan fingerprint density at radius 1 is 1.29 bits per heavy atom. The molecule has 3 nitrogen and oxygen atoms in total. The van der Waals surface area contributed by atoms with E-state index in [0.29, 0.717) is 0 Å². The number of rotatable bonds is 0. The van der Waals surface area contributed by atoms with Gasteiger partial charge in [-0.15, -0.1) is 0 Å². The molecule has 0 unspecified atom stereocenters. The van der Waals surface area contributed by atoms with Crippen molar-refractivity contribution in [2.45, 2.75) is 6.17 Å². The van der Waals surface area contributed by atoms with Crippen LogP contribution in [0.15, 0.2) is 0 Å². The Morgan fingerprint density at radius 3 is 2.14 bits per heavy atom. The van der Waals surface area contributed by atoms with E-state index in [1.54, 1.807) is 0 Å². The molecule has 0 radical (unpaired) electrons. The maximum Gasteiger partial charge on any atom is 0.153 e. The summed E-state index contributed by atoms with van der Waals surface area (Å²) in [6, 6.07) is 0. The molecule has 0 aliphatic carbocycles. The zero-order valence-electron chi connectivity index (χ0n) is 3.59. The summed E-state index contributed by atoms with van der Waals surface area (Å²) in [5.74, 6) is 0. The topological polar surface area (TPSA) is 27.7 Å². The lowest BCUT2D eigenvalue weighted by Gasteiger charge is -2.11. The van der Waals surface area contributed by atoms with E-state index in [4.69, 9.17) is 0 Å². The van der Waals surface area contributed by atoms with E-state index in [2.05, 4.69) is 14.8 Å². The van der Waals surface area contributed by atoms with Crippen molar-refractivity contribution in [2.75, 3.05) is 13.2 Å². The molecule has 0 amide bonds. The lowest BCUT2D eigenvalue weighted by molar-refractivity contribution is -0.539. The maximum absolute atomic E-state index is 11.9. The van der Waals surface area contributed by atoms with E-state index in [-0.39, 0.29) is 13.2 Å². The van der Waals surface area contributed by atoms with Crippen molar-refractivity contribution in [1.29, 1.82) is 0 Å². The second kappa shape index (κ2) is 2.20. The lowest BCUT2D eigenvalue weighted by atomic mass is 10.4. The van der Waals surface area contributed by atoms with Gasteiger partial charge in [-0.3, -0.25) is 0 Å². The van der Waals surface area contributed by atoms with Crippen molar-refractivity contribution in [2.24, 2.45) is 0 Å². The molecule has 1 saturated heterocycles. The summed E-state index contributed by atoms with van der Waals surface area (Å²) in [5.41, 5.74) is 0. The van der Waals surface area contributed by atoms with Crippen LogP contribution < -0.4 is 0 Å². The van der Waals surface area contributed by atoms with Crippen LogP contribution in [0.3, 0.4) is 0 Å². The van der Waals surface area contributed by atoms with E-state index in [1.165, 1.54) is 0 Å². The minimum absolute atomic E-state index is 0.0278. The SMILES string of the molecule is FC1COOOC1. The number of hydrogen-bond acceptors (Lipinski definition) is 3. The second-order valence-electron chi connectivity index (χ2n) is 1.23. The largest absolute Gasteiger partial charge is 0.242 e. The van der Waals surface area contributed by atoms with Gasteiger partial charge in [-0.05, 0) is 0 Å². The minimum Gasteiger partial charge on any atom is -0.242 e. The molecule has 0 aromatic rings. The first kappa shape index (κ1) is 4.96. The highest BCUT2D eigenvalue weighted by atomic mass is 19.1. The molecular weight excluding hydrogens is 103 g/mol. The molecule has 0 spiro atoms. The molecular formula is C3H5FO3. The highest BCUT2D eigenvalue weighted by Gasteiger charge is 2.13. The summed E-state index contributed by atoms with van der Waals surface area (Å²) in [6.07, 6.45) is -1.03. The van der Waals surface area contributed by atoms with Gasteiger partial charge in [0.1, 0.15) is 13.2 Å². The second-order valence-corrected chi connectivity index (χ2v) is 1.23. The Hall–Kier alpha value is -0.190. The van der Waals surface area contributed by atoms with Crippen LogP contribution in [0.5, 0.6) is 0 Å². The molecule has 7 heavy (non-hydrogen) atoms. The average Bonchev–Trinajstić information content (AvgIpc) is 1.69. The van der Waals surface area contributed by atoms with Crippen molar-refractivity contribution in [1.82, 2.24) is 0 Å². The Labute approximate surface area is 39.8 Å². The van der Waals surface area contributed by atoms with Crippen LogP contribution in [0.4, 0.5) is 4.39 Å². The first-order chi connectivity index (χ1) is 3.39. The van der Waals surface area contributed by atoms with E-state index in [9.17, 15) is 4.39 Å². The highest BCUT2D eigenvalue weighted by molar-refractivity contribution is 4.49. The fourth-order valence-corrected chi connectivity index (χ4v) is 0.285. The summed E-state index contributed by atoms with van der Waals surface area (Å²) in [7, 11) is 0. The van der Waals surface area contributed by atoms with Gasteiger partial charge in [-0.2, -0.15) is 0 Å². The Bertz CT molecular complexity index is 52.1. The van der Waals surface area contributed by atoms with Crippen LogP contribution in [0.25, 0.3) is 0 Å². The van der Waals surface area contributed by atoms with Gasteiger partial charge in [0.05, 0.1) is 0 Å². The van der Waals surface area contributed by atoms with E-state index < -0.39 is 6.17 Å². The summed E-state index contributed by atoms with van der Waals surface area (Å²) >= 11 is 0. The summed E-state index contributed by atoms with van der Waals surface area (Å²) in [5, 5.41) is 3.90. The minimum atomic E-state index is -1.03. The Morgan fingerprint density at radius 2 is 1.86 bits per heavy atom. The summed E-state index contributed by atoms with van der Waals surface area (Å²) in [4.78, 5) is 8.17. The predicted octanol–water partition coefficient (Wildman–Crippen LogP) is 0.218. The molecule has 1 heterocycles. The van der Waals surface area contributed by atoms with Crippen molar-refractivity contribution >= 4 is 0 Å². The molecule has 0 aromatic heterocycles. The quantitative estimate of drug-likeness (QED) is 0.415. The van der Waals surface area contributed by atoms with Gasteiger partial charge < -0.3 is 0 Å². The van der Waals surface area contributed by atoms with Crippen molar-refractivity contribution < 1.29 is 19.2 Å². The molecule has 1 aliphatic rings. The first-order valence-corrected chi connectivity index (χ1v) is 1.95. The summed E-state index contributed by atoms with van der Waals surface area (Å²) in [6.45, 7) is -0.0556. The van der Waals surface area contributed by atoms with Crippen LogP contribution in [0, 0.1) is 0 Å². The molecule has 0 N–H and O–H groups in total. The van der Waals surface area contributed by atoms with Crippen LogP contribution >= 0.6 is 0 Å². The molecule has 1 rings (SSSR count). The van der Waals surface area contributed by atoms with Gasteiger partial charge >= 0.3 is 0 Å². The molecule has 0 bridgehead atoms. The molecule has 0 atom stereocenters. The third-order valence-corrected chi connectivity index (χ3v) is 0.594. The molecule has 0 saturated carbocycles. The summed E-state index contributed by atoms with van der Waals surface area (Å²) < 4.78 is 11.9. The first-order valence-electron chi connectivity index (χ1n) is 1.95. The molecule has 1 aliphatic heterocycles. The fourth-order valence-electron chi connectivity index (χ4n) is 0.285. The van der Waals surface area contributed by atoms with Crippen LogP contribution in [-0.2, 0) is 14.8 Å². The van der Waals surface area contributed by atoms with E-state index in [0.717, 1.165) is 0 Å². The zero-order valence-corrected chi connectivity index (χ0v) is 3.59. The fraction of sp³-hybridized carbons (Fsp3) is 1.00. The zero-order chi connectivity index (χ0) is 5.11. The predicted molar refractivity (Wildman–Crippen MR) is 17.9 cm³/mol. The van der Waals surface area contributed by atoms with Crippen LogP contribution in [-0.4, -0.2) is 19.4 Å². The van der Waals surface area contributed by atoms with Crippen LogP contribution in [0.1, 0.15) is 0 Å². The number of halogens is 1.